The highest BCUT2D eigenvalue weighted by atomic mass is 127. The van der Waals surface area contributed by atoms with Crippen LogP contribution in [-0.4, -0.2) is 63.7 Å². The maximum Gasteiger partial charge on any atom is 0.407 e. The number of carbonyl (C=O) groups excluding carboxylic acids is 1. The number of nitrogens with two attached hydrogens (primary N) is 1. The van der Waals surface area contributed by atoms with E-state index in [0.29, 0.717) is 19.5 Å². The van der Waals surface area contributed by atoms with Gasteiger partial charge in [-0.1, -0.05) is 12.1 Å². The molecule has 0 aromatic heterocycles. The van der Waals surface area contributed by atoms with E-state index in [1.807, 2.05) is 20.8 Å². The van der Waals surface area contributed by atoms with Gasteiger partial charge in [-0.25, -0.2) is 18.4 Å². The van der Waals surface area contributed by atoms with E-state index in [9.17, 15) is 13.2 Å². The maximum absolute atomic E-state index is 11.9. The minimum Gasteiger partial charge on any atom is -0.444 e. The van der Waals surface area contributed by atoms with Gasteiger partial charge >= 0.3 is 6.09 Å². The summed E-state index contributed by atoms with van der Waals surface area (Å²) in [5.74, 6) is 0.764. The van der Waals surface area contributed by atoms with Gasteiger partial charge in [-0.05, 0) is 51.3 Å². The van der Waals surface area contributed by atoms with Crippen molar-refractivity contribution in [1.82, 2.24) is 15.5 Å². The molecule has 1 aliphatic heterocycles. The Labute approximate surface area is 195 Å². The Bertz CT molecular complexity index is 837. The molecule has 1 atom stereocenters. The lowest BCUT2D eigenvalue weighted by molar-refractivity contribution is 0.0507. The lowest BCUT2D eigenvalue weighted by Gasteiger charge is -2.23. The van der Waals surface area contributed by atoms with Crippen molar-refractivity contribution in [2.45, 2.75) is 50.2 Å². The molecule has 0 bridgehead atoms. The van der Waals surface area contributed by atoms with Crippen LogP contribution in [0.2, 0.25) is 0 Å². The van der Waals surface area contributed by atoms with Gasteiger partial charge in [0.1, 0.15) is 5.60 Å². The zero-order chi connectivity index (χ0) is 21.7. The van der Waals surface area contributed by atoms with E-state index in [0.717, 1.165) is 24.5 Å². The van der Waals surface area contributed by atoms with E-state index in [4.69, 9.17) is 9.88 Å². The fraction of sp³-hybridized carbons (Fsp3) is 0.579. The number of likely N-dealkylation sites (tertiary alicyclic amines) is 1. The number of hydrogen-bond acceptors (Lipinski definition) is 5. The first kappa shape index (κ1) is 26.4. The van der Waals surface area contributed by atoms with E-state index >= 15 is 0 Å². The third-order valence-electron chi connectivity index (χ3n) is 4.37. The molecule has 30 heavy (non-hydrogen) atoms. The maximum atomic E-state index is 11.9. The number of nitrogens with zero attached hydrogens (tertiary/aromatic N) is 2. The molecule has 0 spiro atoms. The molecular weight excluding hydrogens is 521 g/mol. The number of amides is 1. The monoisotopic (exact) mass is 553 g/mol. The second-order valence-electron chi connectivity index (χ2n) is 7.99. The quantitative estimate of drug-likeness (QED) is 0.290. The molecule has 170 valence electrons. The summed E-state index contributed by atoms with van der Waals surface area (Å²) >= 11 is 0. The Kier molecular flexibility index (Phi) is 9.82. The van der Waals surface area contributed by atoms with Crippen molar-refractivity contribution in [1.29, 1.82) is 0 Å². The van der Waals surface area contributed by atoms with Crippen LogP contribution in [0.4, 0.5) is 4.79 Å². The second-order valence-corrected chi connectivity index (χ2v) is 9.55. The number of ether oxygens (including phenoxy) is 1. The van der Waals surface area contributed by atoms with Gasteiger partial charge in [-0.3, -0.25) is 4.99 Å². The molecule has 1 aliphatic rings. The Balaban J connectivity index is 0.00000450. The van der Waals surface area contributed by atoms with Crippen LogP contribution < -0.4 is 15.8 Å². The highest BCUT2D eigenvalue weighted by Gasteiger charge is 2.27. The predicted octanol–water partition coefficient (Wildman–Crippen LogP) is 1.67. The van der Waals surface area contributed by atoms with Gasteiger partial charge in [-0.2, -0.15) is 0 Å². The Morgan fingerprint density at radius 2 is 1.93 bits per heavy atom. The summed E-state index contributed by atoms with van der Waals surface area (Å²) in [6.45, 7) is 7.58. The summed E-state index contributed by atoms with van der Waals surface area (Å²) in [5.41, 5.74) is 0.471. The zero-order valence-electron chi connectivity index (χ0n) is 17.8. The third-order valence-corrected chi connectivity index (χ3v) is 5.30. The first-order chi connectivity index (χ1) is 13.5. The molecule has 1 unspecified atom stereocenters. The number of nitrogens with one attached hydrogen (secondary N) is 2. The van der Waals surface area contributed by atoms with Gasteiger partial charge in [0.25, 0.3) is 0 Å². The number of sulfonamides is 1. The molecule has 0 aliphatic carbocycles. The van der Waals surface area contributed by atoms with Gasteiger partial charge in [0.05, 0.1) is 10.9 Å². The number of hydrogen-bond donors (Lipinski definition) is 3. The second kappa shape index (κ2) is 11.1. The Morgan fingerprint density at radius 1 is 1.30 bits per heavy atom. The van der Waals surface area contributed by atoms with Crippen molar-refractivity contribution in [3.05, 3.63) is 29.8 Å². The van der Waals surface area contributed by atoms with E-state index in [1.54, 1.807) is 19.2 Å². The van der Waals surface area contributed by atoms with Crippen molar-refractivity contribution in [2.24, 2.45) is 10.1 Å². The van der Waals surface area contributed by atoms with Crippen molar-refractivity contribution in [3.8, 4) is 0 Å². The summed E-state index contributed by atoms with van der Waals surface area (Å²) < 4.78 is 27.9. The average Bonchev–Trinajstić information content (AvgIpc) is 3.04. The first-order valence-electron chi connectivity index (χ1n) is 9.55. The average molecular weight is 553 g/mol. The van der Waals surface area contributed by atoms with Crippen LogP contribution in [0.5, 0.6) is 0 Å². The molecule has 1 heterocycles. The Hall–Kier alpha value is -1.60. The molecule has 1 amide bonds. The number of guanidine groups is 1. The predicted molar refractivity (Wildman–Crippen MR) is 128 cm³/mol. The van der Waals surface area contributed by atoms with Crippen molar-refractivity contribution in [2.75, 3.05) is 26.7 Å². The Morgan fingerprint density at radius 3 is 2.47 bits per heavy atom. The van der Waals surface area contributed by atoms with Crippen LogP contribution in [0.15, 0.2) is 34.2 Å². The van der Waals surface area contributed by atoms with Gasteiger partial charge < -0.3 is 20.3 Å². The number of benzene rings is 1. The number of carbonyl (C=O) groups is 1. The normalized spacial score (nSPS) is 17.3. The highest BCUT2D eigenvalue weighted by molar-refractivity contribution is 14.0. The summed E-state index contributed by atoms with van der Waals surface area (Å²) in [4.78, 5) is 18.4. The molecular formula is C19H32IN5O4S. The number of alkyl carbamates (subject to hydrolysis) is 1. The largest absolute Gasteiger partial charge is 0.444 e. The third kappa shape index (κ3) is 8.64. The SMILES string of the molecule is CN=C(NCCc1ccc(S(N)(=O)=O)cc1)N1CCC(NC(=O)OC(C)(C)C)C1.I. The molecule has 1 fully saturated rings. The molecule has 9 nitrogen and oxygen atoms in total. The standard InChI is InChI=1S/C19H31N5O4S.HI/c1-19(2,3)28-18(25)23-15-10-12-24(13-15)17(21-4)22-11-9-14-5-7-16(8-6-14)29(20,26)27;/h5-8,15H,9-13H2,1-4H3,(H,21,22)(H,23,25)(H2,20,26,27);1H. The van der Waals surface area contributed by atoms with Crippen LogP contribution >= 0.6 is 24.0 Å². The smallest absolute Gasteiger partial charge is 0.407 e. The molecule has 4 N–H and O–H groups in total. The van der Waals surface area contributed by atoms with Crippen LogP contribution in [0.1, 0.15) is 32.8 Å². The fourth-order valence-electron chi connectivity index (χ4n) is 3.04. The molecule has 2 rings (SSSR count). The summed E-state index contributed by atoms with van der Waals surface area (Å²) in [6.07, 6.45) is 1.11. The molecule has 0 saturated carbocycles. The van der Waals surface area contributed by atoms with E-state index in [1.165, 1.54) is 12.1 Å². The minimum absolute atomic E-state index is 0. The van der Waals surface area contributed by atoms with Crippen LogP contribution in [0.25, 0.3) is 0 Å². The van der Waals surface area contributed by atoms with Gasteiger partial charge in [0, 0.05) is 26.7 Å². The van der Waals surface area contributed by atoms with Crippen molar-refractivity contribution in [3.63, 3.8) is 0 Å². The zero-order valence-corrected chi connectivity index (χ0v) is 21.0. The number of primary sulfonamides is 1. The topological polar surface area (TPSA) is 126 Å². The number of halogens is 1. The number of rotatable bonds is 5. The molecule has 1 saturated heterocycles. The molecule has 1 aromatic carbocycles. The van der Waals surface area contributed by atoms with Gasteiger partial charge in [0.2, 0.25) is 10.0 Å². The summed E-state index contributed by atoms with van der Waals surface area (Å²) in [7, 11) is -1.95. The van der Waals surface area contributed by atoms with Crippen LogP contribution in [-0.2, 0) is 21.2 Å². The fourth-order valence-corrected chi connectivity index (χ4v) is 3.56. The summed E-state index contributed by atoms with van der Waals surface area (Å²) in [6, 6.07) is 6.52. The van der Waals surface area contributed by atoms with Gasteiger partial charge in [0.15, 0.2) is 5.96 Å². The molecule has 11 heteroatoms. The van der Waals surface area contributed by atoms with Crippen molar-refractivity contribution < 1.29 is 17.9 Å². The molecule has 0 radical (unpaired) electrons. The number of aliphatic imine (C=N–C) groups is 1. The molecule has 1 aromatic rings. The van der Waals surface area contributed by atoms with Crippen LogP contribution in [0, 0.1) is 0 Å². The first-order valence-corrected chi connectivity index (χ1v) is 11.1. The summed E-state index contributed by atoms with van der Waals surface area (Å²) in [5, 5.41) is 11.3. The van der Waals surface area contributed by atoms with Gasteiger partial charge in [-0.15, -0.1) is 24.0 Å². The van der Waals surface area contributed by atoms with E-state index in [2.05, 4.69) is 20.5 Å². The van der Waals surface area contributed by atoms with E-state index < -0.39 is 21.7 Å². The minimum atomic E-state index is -3.67. The van der Waals surface area contributed by atoms with E-state index in [-0.39, 0.29) is 34.9 Å². The lowest BCUT2D eigenvalue weighted by Crippen LogP contribution is -2.44. The highest BCUT2D eigenvalue weighted by Crippen LogP contribution is 2.12. The van der Waals surface area contributed by atoms with Crippen molar-refractivity contribution >= 4 is 46.1 Å². The van der Waals surface area contributed by atoms with Crippen LogP contribution in [0.3, 0.4) is 0 Å². The lowest BCUT2D eigenvalue weighted by atomic mass is 10.1.